The molecule has 164 valence electrons. The van der Waals surface area contributed by atoms with Crippen LogP contribution in [0.25, 0.3) is 0 Å². The van der Waals surface area contributed by atoms with Gasteiger partial charge in [0.25, 0.3) is 5.69 Å². The van der Waals surface area contributed by atoms with Gasteiger partial charge in [0.1, 0.15) is 5.69 Å². The fourth-order valence-corrected chi connectivity index (χ4v) is 3.19. The first kappa shape index (κ1) is 22.1. The van der Waals surface area contributed by atoms with E-state index in [1.54, 1.807) is 29.2 Å². The Morgan fingerprint density at radius 3 is 2.45 bits per heavy atom. The maximum Gasteiger partial charge on any atom is 0.416 e. The van der Waals surface area contributed by atoms with E-state index in [0.29, 0.717) is 24.7 Å². The number of benzene rings is 2. The molecular weight excluding hydrogens is 417 g/mol. The number of carbonyl (C=O) groups excluding carboxylic acids is 2. The number of hydrogen-bond acceptors (Lipinski definition) is 5. The first-order valence-corrected chi connectivity index (χ1v) is 9.45. The number of rotatable bonds is 7. The lowest BCUT2D eigenvalue weighted by atomic mass is 10.1. The van der Waals surface area contributed by atoms with Crippen LogP contribution in [0.1, 0.15) is 24.8 Å². The van der Waals surface area contributed by atoms with Crippen molar-refractivity contribution in [1.82, 2.24) is 0 Å². The van der Waals surface area contributed by atoms with E-state index >= 15 is 0 Å². The molecule has 0 atom stereocenters. The normalized spacial score (nSPS) is 13.9. The number of nitrogens with zero attached hydrogens (tertiary/aromatic N) is 2. The molecule has 3 rings (SSSR count). The minimum absolute atomic E-state index is 0.0155. The Bertz CT molecular complexity index is 993. The van der Waals surface area contributed by atoms with E-state index in [0.717, 1.165) is 24.2 Å². The molecule has 0 aliphatic carbocycles. The van der Waals surface area contributed by atoms with Crippen LogP contribution in [0.3, 0.4) is 0 Å². The van der Waals surface area contributed by atoms with Crippen LogP contribution in [-0.2, 0) is 15.8 Å². The molecule has 1 heterocycles. The Balaban J connectivity index is 1.54. The van der Waals surface area contributed by atoms with Crippen molar-refractivity contribution >= 4 is 34.6 Å². The number of anilines is 3. The topological polar surface area (TPSA) is 105 Å². The van der Waals surface area contributed by atoms with Gasteiger partial charge in [-0.3, -0.25) is 19.7 Å². The molecule has 1 aliphatic heterocycles. The van der Waals surface area contributed by atoms with Gasteiger partial charge in [0, 0.05) is 43.4 Å². The summed E-state index contributed by atoms with van der Waals surface area (Å²) in [6, 6.07) is 8.93. The summed E-state index contributed by atoms with van der Waals surface area (Å²) in [6.45, 7) is 0.644. The lowest BCUT2D eigenvalue weighted by molar-refractivity contribution is -0.384. The molecule has 0 radical (unpaired) electrons. The zero-order chi connectivity index (χ0) is 22.6. The average Bonchev–Trinajstić information content (AvgIpc) is 3.13. The van der Waals surface area contributed by atoms with Crippen molar-refractivity contribution in [3.63, 3.8) is 0 Å². The Hall–Kier alpha value is -3.63. The maximum absolute atomic E-state index is 12.7. The first-order valence-electron chi connectivity index (χ1n) is 9.45. The largest absolute Gasteiger partial charge is 0.416 e. The number of halogens is 3. The second-order valence-electron chi connectivity index (χ2n) is 6.91. The van der Waals surface area contributed by atoms with Crippen molar-refractivity contribution in [3.8, 4) is 0 Å². The van der Waals surface area contributed by atoms with Gasteiger partial charge < -0.3 is 15.5 Å². The second kappa shape index (κ2) is 9.02. The van der Waals surface area contributed by atoms with Crippen molar-refractivity contribution < 1.29 is 27.7 Å². The molecule has 0 unspecified atom stereocenters. The highest BCUT2D eigenvalue weighted by molar-refractivity contribution is 5.96. The number of nitro groups is 1. The van der Waals surface area contributed by atoms with E-state index < -0.39 is 22.4 Å². The van der Waals surface area contributed by atoms with Crippen molar-refractivity contribution in [2.24, 2.45) is 0 Å². The molecule has 0 aromatic heterocycles. The number of amides is 2. The molecule has 11 heteroatoms. The van der Waals surface area contributed by atoms with Gasteiger partial charge in [-0.05, 0) is 42.8 Å². The van der Waals surface area contributed by atoms with E-state index in [4.69, 9.17) is 0 Å². The Morgan fingerprint density at radius 2 is 1.87 bits per heavy atom. The monoisotopic (exact) mass is 436 g/mol. The molecule has 0 bridgehead atoms. The van der Waals surface area contributed by atoms with Crippen molar-refractivity contribution in [2.75, 3.05) is 28.6 Å². The van der Waals surface area contributed by atoms with Crippen molar-refractivity contribution in [1.29, 1.82) is 0 Å². The van der Waals surface area contributed by atoms with E-state index in [1.165, 1.54) is 0 Å². The molecule has 0 spiro atoms. The molecule has 1 saturated heterocycles. The van der Waals surface area contributed by atoms with Crippen molar-refractivity contribution in [2.45, 2.75) is 25.4 Å². The van der Waals surface area contributed by atoms with Gasteiger partial charge in [-0.25, -0.2) is 0 Å². The van der Waals surface area contributed by atoms with Crippen molar-refractivity contribution in [3.05, 3.63) is 58.1 Å². The van der Waals surface area contributed by atoms with Gasteiger partial charge in [-0.2, -0.15) is 13.2 Å². The molecule has 8 nitrogen and oxygen atoms in total. The summed E-state index contributed by atoms with van der Waals surface area (Å²) in [5, 5.41) is 16.4. The summed E-state index contributed by atoms with van der Waals surface area (Å²) in [6.07, 6.45) is -3.44. The standard InChI is InChI=1S/C20H19F3N4O4/c21-20(22,23)13-3-8-16(17(12-13)27(30)31)24-10-9-18(28)25-14-4-6-15(7-5-14)26-11-1-2-19(26)29/h3-8,12,24H,1-2,9-11H2,(H,25,28). The summed E-state index contributed by atoms with van der Waals surface area (Å²) in [4.78, 5) is 35.7. The molecule has 2 N–H and O–H groups in total. The molecule has 1 fully saturated rings. The molecule has 31 heavy (non-hydrogen) atoms. The third kappa shape index (κ3) is 5.50. The highest BCUT2D eigenvalue weighted by Crippen LogP contribution is 2.35. The maximum atomic E-state index is 12.7. The van der Waals surface area contributed by atoms with Crippen LogP contribution in [0.15, 0.2) is 42.5 Å². The van der Waals surface area contributed by atoms with Crippen LogP contribution >= 0.6 is 0 Å². The van der Waals surface area contributed by atoms with E-state index in [9.17, 15) is 32.9 Å². The molecule has 1 aliphatic rings. The Labute approximate surface area is 175 Å². The highest BCUT2D eigenvalue weighted by Gasteiger charge is 2.33. The summed E-state index contributed by atoms with van der Waals surface area (Å²) in [5.41, 5.74) is -0.688. The molecule has 0 saturated carbocycles. The van der Waals surface area contributed by atoms with E-state index in [2.05, 4.69) is 10.6 Å². The lowest BCUT2D eigenvalue weighted by Gasteiger charge is -2.16. The average molecular weight is 436 g/mol. The van der Waals surface area contributed by atoms with Gasteiger partial charge in [0.05, 0.1) is 10.5 Å². The summed E-state index contributed by atoms with van der Waals surface area (Å²) < 4.78 is 38.2. The number of carbonyl (C=O) groups is 2. The number of nitrogens with one attached hydrogen (secondary N) is 2. The fraction of sp³-hybridized carbons (Fsp3) is 0.300. The predicted octanol–water partition coefficient (Wildman–Crippen LogP) is 4.18. The number of nitro benzene ring substituents is 1. The van der Waals surface area contributed by atoms with Crippen LogP contribution in [0.5, 0.6) is 0 Å². The first-order chi connectivity index (χ1) is 14.6. The molecule has 2 amide bonds. The minimum Gasteiger partial charge on any atom is -0.379 e. The SMILES string of the molecule is O=C(CCNc1ccc(C(F)(F)F)cc1[N+](=O)[O-])Nc1ccc(N2CCCC2=O)cc1. The van der Waals surface area contributed by atoms with Gasteiger partial charge in [-0.1, -0.05) is 0 Å². The third-order valence-corrected chi connectivity index (χ3v) is 4.73. The highest BCUT2D eigenvalue weighted by atomic mass is 19.4. The van der Waals surface area contributed by atoms with Crippen LogP contribution in [0.4, 0.5) is 35.9 Å². The molecule has 2 aromatic carbocycles. The predicted molar refractivity (Wildman–Crippen MR) is 108 cm³/mol. The van der Waals surface area contributed by atoms with Crippen LogP contribution in [-0.4, -0.2) is 29.8 Å². The van der Waals surface area contributed by atoms with Crippen LogP contribution < -0.4 is 15.5 Å². The summed E-state index contributed by atoms with van der Waals surface area (Å²) in [7, 11) is 0. The number of hydrogen-bond donors (Lipinski definition) is 2. The minimum atomic E-state index is -4.69. The van der Waals surface area contributed by atoms with E-state index in [-0.39, 0.29) is 30.5 Å². The zero-order valence-electron chi connectivity index (χ0n) is 16.2. The summed E-state index contributed by atoms with van der Waals surface area (Å²) >= 11 is 0. The smallest absolute Gasteiger partial charge is 0.379 e. The third-order valence-electron chi connectivity index (χ3n) is 4.73. The van der Waals surface area contributed by atoms with Gasteiger partial charge in [-0.15, -0.1) is 0 Å². The van der Waals surface area contributed by atoms with Gasteiger partial charge >= 0.3 is 6.18 Å². The molecule has 2 aromatic rings. The quantitative estimate of drug-likeness (QED) is 0.501. The van der Waals surface area contributed by atoms with Gasteiger partial charge in [0.2, 0.25) is 11.8 Å². The Morgan fingerprint density at radius 1 is 1.16 bits per heavy atom. The lowest BCUT2D eigenvalue weighted by Crippen LogP contribution is -2.23. The molecular formula is C20H19F3N4O4. The van der Waals surface area contributed by atoms with Crippen LogP contribution in [0.2, 0.25) is 0 Å². The van der Waals surface area contributed by atoms with E-state index in [1.807, 2.05) is 0 Å². The second-order valence-corrected chi connectivity index (χ2v) is 6.91. The summed E-state index contributed by atoms with van der Waals surface area (Å²) in [5.74, 6) is -0.327. The Kier molecular flexibility index (Phi) is 6.42. The fourth-order valence-electron chi connectivity index (χ4n) is 3.19. The number of alkyl halides is 3. The zero-order valence-corrected chi connectivity index (χ0v) is 16.2. The van der Waals surface area contributed by atoms with Crippen LogP contribution in [0, 0.1) is 10.1 Å². The van der Waals surface area contributed by atoms with Gasteiger partial charge in [0.15, 0.2) is 0 Å².